The number of hydrogen-bond donors (Lipinski definition) is 3. The summed E-state index contributed by atoms with van der Waals surface area (Å²) in [6, 6.07) is 5.80. The van der Waals surface area contributed by atoms with Crippen LogP contribution in [0.15, 0.2) is 30.6 Å². The number of methoxy groups -OCH3 is 2. The van der Waals surface area contributed by atoms with E-state index in [-0.39, 0.29) is 0 Å². The number of carbonyl (C=O) groups is 1. The molecule has 0 unspecified atom stereocenters. The Labute approximate surface area is 179 Å². The van der Waals surface area contributed by atoms with E-state index >= 15 is 0 Å². The van der Waals surface area contributed by atoms with Crippen molar-refractivity contribution < 1.29 is 19.4 Å². The Bertz CT molecular complexity index is 1290. The van der Waals surface area contributed by atoms with Crippen molar-refractivity contribution in [1.82, 2.24) is 24.8 Å². The Balaban J connectivity index is 1.79. The van der Waals surface area contributed by atoms with E-state index in [0.717, 1.165) is 38.9 Å². The summed E-state index contributed by atoms with van der Waals surface area (Å²) in [6.07, 6.45) is 3.70. The number of hydrogen-bond acceptors (Lipinski definition) is 6. The maximum absolute atomic E-state index is 11.4. The van der Waals surface area contributed by atoms with Crippen molar-refractivity contribution in [3.05, 3.63) is 36.2 Å². The summed E-state index contributed by atoms with van der Waals surface area (Å²) in [6.45, 7) is 3.67. The van der Waals surface area contributed by atoms with Crippen molar-refractivity contribution in [2.24, 2.45) is 7.05 Å². The van der Waals surface area contributed by atoms with Gasteiger partial charge >= 0.3 is 5.97 Å². The lowest BCUT2D eigenvalue weighted by Crippen LogP contribution is -2.46. The van der Waals surface area contributed by atoms with Crippen LogP contribution in [0, 0.1) is 0 Å². The smallest absolute Gasteiger partial charge is 0.323 e. The predicted octanol–water partition coefficient (Wildman–Crippen LogP) is 3.09. The van der Waals surface area contributed by atoms with Crippen LogP contribution in [-0.4, -0.2) is 50.4 Å². The normalized spacial score (nSPS) is 11.9. The Kier molecular flexibility index (Phi) is 5.06. The molecule has 0 amide bonds. The van der Waals surface area contributed by atoms with Crippen molar-refractivity contribution in [2.75, 3.05) is 14.2 Å². The zero-order valence-electron chi connectivity index (χ0n) is 18.1. The average Bonchev–Trinajstić information content (AvgIpc) is 3.32. The van der Waals surface area contributed by atoms with Gasteiger partial charge in [0, 0.05) is 43.0 Å². The Morgan fingerprint density at radius 3 is 2.74 bits per heavy atom. The molecule has 0 spiro atoms. The first-order valence-electron chi connectivity index (χ1n) is 9.78. The highest BCUT2D eigenvalue weighted by Gasteiger charge is 2.26. The highest BCUT2D eigenvalue weighted by molar-refractivity contribution is 5.96. The molecule has 0 atom stereocenters. The van der Waals surface area contributed by atoms with Crippen molar-refractivity contribution in [3.8, 4) is 22.9 Å². The number of rotatable bonds is 7. The second-order valence-electron chi connectivity index (χ2n) is 7.92. The molecule has 0 radical (unpaired) electrons. The van der Waals surface area contributed by atoms with Gasteiger partial charge in [-0.15, -0.1) is 0 Å². The van der Waals surface area contributed by atoms with Crippen LogP contribution in [0.5, 0.6) is 11.6 Å². The number of carboxylic acids is 1. The van der Waals surface area contributed by atoms with Crippen LogP contribution in [0.25, 0.3) is 33.3 Å². The number of H-pyrrole nitrogens is 1. The lowest BCUT2D eigenvalue weighted by molar-refractivity contribution is -0.143. The third kappa shape index (κ3) is 3.57. The monoisotopic (exact) mass is 423 g/mol. The Morgan fingerprint density at radius 2 is 2.06 bits per heavy atom. The summed E-state index contributed by atoms with van der Waals surface area (Å²) in [4.78, 5) is 23.9. The van der Waals surface area contributed by atoms with Crippen LogP contribution in [-0.2, 0) is 18.4 Å². The van der Waals surface area contributed by atoms with Gasteiger partial charge in [0.1, 0.15) is 16.7 Å². The van der Waals surface area contributed by atoms with E-state index in [1.54, 1.807) is 34.3 Å². The number of pyridine rings is 2. The highest BCUT2D eigenvalue weighted by Crippen LogP contribution is 2.36. The van der Waals surface area contributed by atoms with Gasteiger partial charge in [-0.1, -0.05) is 0 Å². The standard InChI is InChI=1S/C22H25N5O4/c1-22(2,21(28)29)24-10-12-6-7-23-19-13(12)8-15(25-19)14-11-27(3)16-9-17(30-4)20(31-5)26-18(14)16/h6-9,11,24H,10H2,1-5H3,(H,23,25)(H,28,29). The van der Waals surface area contributed by atoms with E-state index in [1.165, 1.54) is 0 Å². The first-order chi connectivity index (χ1) is 14.7. The summed E-state index contributed by atoms with van der Waals surface area (Å²) in [5.74, 6) is 0.0757. The molecule has 0 fully saturated rings. The first-order valence-corrected chi connectivity index (χ1v) is 9.78. The largest absolute Gasteiger partial charge is 0.491 e. The number of nitrogens with one attached hydrogen (secondary N) is 2. The molecular formula is C22H25N5O4. The van der Waals surface area contributed by atoms with Crippen molar-refractivity contribution in [1.29, 1.82) is 0 Å². The molecule has 0 saturated heterocycles. The maximum Gasteiger partial charge on any atom is 0.323 e. The summed E-state index contributed by atoms with van der Waals surface area (Å²) < 4.78 is 12.7. The van der Waals surface area contributed by atoms with Crippen LogP contribution in [0.1, 0.15) is 19.4 Å². The molecule has 31 heavy (non-hydrogen) atoms. The lowest BCUT2D eigenvalue weighted by Gasteiger charge is -2.21. The van der Waals surface area contributed by atoms with Gasteiger partial charge < -0.3 is 24.1 Å². The van der Waals surface area contributed by atoms with Gasteiger partial charge in [0.25, 0.3) is 5.88 Å². The van der Waals surface area contributed by atoms with E-state index in [2.05, 4.69) is 20.3 Å². The molecule has 0 bridgehead atoms. The van der Waals surface area contributed by atoms with E-state index in [1.807, 2.05) is 36.0 Å². The first kappa shape index (κ1) is 20.7. The quantitative estimate of drug-likeness (QED) is 0.418. The van der Waals surface area contributed by atoms with E-state index in [0.29, 0.717) is 18.2 Å². The number of fused-ring (bicyclic) bond motifs is 2. The van der Waals surface area contributed by atoms with Crippen LogP contribution in [0.4, 0.5) is 0 Å². The molecule has 4 aromatic rings. The molecule has 0 saturated carbocycles. The summed E-state index contributed by atoms with van der Waals surface area (Å²) in [7, 11) is 5.09. The molecule has 0 aromatic carbocycles. The maximum atomic E-state index is 11.4. The van der Waals surface area contributed by atoms with Gasteiger partial charge in [-0.05, 0) is 31.5 Å². The van der Waals surface area contributed by atoms with Gasteiger partial charge in [-0.2, -0.15) is 0 Å². The number of nitrogens with zero attached hydrogens (tertiary/aromatic N) is 3. The van der Waals surface area contributed by atoms with Gasteiger partial charge in [0.15, 0.2) is 5.75 Å². The molecule has 162 valence electrons. The Hall–Kier alpha value is -3.59. The van der Waals surface area contributed by atoms with E-state index in [9.17, 15) is 9.90 Å². The van der Waals surface area contributed by atoms with Crippen molar-refractivity contribution >= 4 is 28.0 Å². The molecule has 9 heteroatoms. The lowest BCUT2D eigenvalue weighted by atomic mass is 10.0. The van der Waals surface area contributed by atoms with Crippen LogP contribution in [0.3, 0.4) is 0 Å². The molecule has 4 aromatic heterocycles. The number of aryl methyl sites for hydroxylation is 1. The second-order valence-corrected chi connectivity index (χ2v) is 7.92. The molecule has 0 aliphatic carbocycles. The molecule has 9 nitrogen and oxygen atoms in total. The topological polar surface area (TPSA) is 114 Å². The fourth-order valence-electron chi connectivity index (χ4n) is 3.52. The fraction of sp³-hybridized carbons (Fsp3) is 0.318. The molecule has 4 rings (SSSR count). The Morgan fingerprint density at radius 1 is 1.29 bits per heavy atom. The summed E-state index contributed by atoms with van der Waals surface area (Å²) in [5, 5.41) is 13.4. The number of carboxylic acid groups (broad SMARTS) is 1. The molecule has 0 aliphatic rings. The van der Waals surface area contributed by atoms with Crippen LogP contribution >= 0.6 is 0 Å². The third-order valence-corrected chi connectivity index (χ3v) is 5.47. The van der Waals surface area contributed by atoms with Gasteiger partial charge in [-0.3, -0.25) is 10.1 Å². The van der Waals surface area contributed by atoms with Gasteiger partial charge in [0.2, 0.25) is 0 Å². The number of aliphatic carboxylic acids is 1. The fourth-order valence-corrected chi connectivity index (χ4v) is 3.52. The second kappa shape index (κ2) is 7.59. The minimum absolute atomic E-state index is 0.397. The van der Waals surface area contributed by atoms with Crippen LogP contribution in [0.2, 0.25) is 0 Å². The third-order valence-electron chi connectivity index (χ3n) is 5.47. The zero-order valence-corrected chi connectivity index (χ0v) is 18.1. The van der Waals surface area contributed by atoms with Gasteiger partial charge in [0.05, 0.1) is 25.4 Å². The van der Waals surface area contributed by atoms with E-state index < -0.39 is 11.5 Å². The highest BCUT2D eigenvalue weighted by atomic mass is 16.5. The number of ether oxygens (including phenoxy) is 2. The molecule has 4 heterocycles. The predicted molar refractivity (Wildman–Crippen MR) is 117 cm³/mol. The molecular weight excluding hydrogens is 398 g/mol. The minimum atomic E-state index is -1.04. The summed E-state index contributed by atoms with van der Waals surface area (Å²) >= 11 is 0. The average molecular weight is 423 g/mol. The number of aromatic nitrogens is 4. The minimum Gasteiger partial charge on any atom is -0.491 e. The van der Waals surface area contributed by atoms with Crippen molar-refractivity contribution in [3.63, 3.8) is 0 Å². The van der Waals surface area contributed by atoms with E-state index in [4.69, 9.17) is 9.47 Å². The zero-order chi connectivity index (χ0) is 22.3. The van der Waals surface area contributed by atoms with Gasteiger partial charge in [-0.25, -0.2) is 9.97 Å². The SMILES string of the molecule is COc1cc2c(nc1OC)c(-c1cc3c(CNC(C)(C)C(=O)O)ccnc3[nH]1)cn2C. The van der Waals surface area contributed by atoms with Crippen LogP contribution < -0.4 is 14.8 Å². The molecule has 3 N–H and O–H groups in total. The number of aromatic amines is 1. The molecule has 0 aliphatic heterocycles. The van der Waals surface area contributed by atoms with Crippen molar-refractivity contribution in [2.45, 2.75) is 25.9 Å². The summed E-state index contributed by atoms with van der Waals surface area (Å²) in [5.41, 5.74) is 4.08.